The van der Waals surface area contributed by atoms with E-state index in [-0.39, 0.29) is 5.69 Å². The molecule has 0 saturated heterocycles. The molecule has 0 unspecified atom stereocenters. The van der Waals surface area contributed by atoms with E-state index in [4.69, 9.17) is 0 Å². The Kier molecular flexibility index (Phi) is 2.62. The third-order valence-corrected chi connectivity index (χ3v) is 2.32. The molecule has 0 aliphatic rings. The van der Waals surface area contributed by atoms with Crippen molar-refractivity contribution in [2.24, 2.45) is 0 Å². The summed E-state index contributed by atoms with van der Waals surface area (Å²) < 4.78 is 38.8. The molecule has 2 aromatic rings. The van der Waals surface area contributed by atoms with Crippen LogP contribution in [0.4, 0.5) is 13.2 Å². The molecule has 15 heavy (non-hydrogen) atoms. The topological polar surface area (TPSA) is 17.8 Å². The summed E-state index contributed by atoms with van der Waals surface area (Å²) in [5, 5.41) is 4.12. The van der Waals surface area contributed by atoms with Gasteiger partial charge in [-0.05, 0) is 11.6 Å². The molecule has 0 atom stereocenters. The van der Waals surface area contributed by atoms with E-state index < -0.39 is 20.1 Å². The number of aromatic nitrogens is 2. The van der Waals surface area contributed by atoms with Crippen LogP contribution in [0, 0.1) is 0 Å². The zero-order chi connectivity index (χ0) is 10.8. The van der Waals surface area contributed by atoms with Gasteiger partial charge in [0.15, 0.2) is 6.80 Å². The summed E-state index contributed by atoms with van der Waals surface area (Å²) >= 11 is 0. The Morgan fingerprint density at radius 1 is 1.13 bits per heavy atom. The highest BCUT2D eigenvalue weighted by Crippen LogP contribution is 2.24. The average Bonchev–Trinajstić information content (AvgIpc) is 2.66. The molecule has 1 aromatic carbocycles. The molecular weight excluding hydrogens is 205 g/mol. The van der Waals surface area contributed by atoms with Crippen molar-refractivity contribution in [3.8, 4) is 0 Å². The van der Waals surface area contributed by atoms with Crippen molar-refractivity contribution in [1.29, 1.82) is 0 Å². The maximum Gasteiger partial charge on any atom is 0.182 e. The van der Waals surface area contributed by atoms with Crippen molar-refractivity contribution in [2.45, 2.75) is 20.1 Å². The van der Waals surface area contributed by atoms with E-state index in [1.54, 1.807) is 18.2 Å². The predicted octanol–water partition coefficient (Wildman–Crippen LogP) is 2.90. The smallest absolute Gasteiger partial charge is 0.182 e. The number of hydrogen-bond donors (Lipinski definition) is 0. The molecule has 80 valence electrons. The van der Waals surface area contributed by atoms with Crippen molar-refractivity contribution in [2.75, 3.05) is 0 Å². The van der Waals surface area contributed by atoms with Gasteiger partial charge < -0.3 is 0 Å². The van der Waals surface area contributed by atoms with Gasteiger partial charge in [-0.25, -0.2) is 17.9 Å². The quantitative estimate of drug-likeness (QED) is 0.768. The van der Waals surface area contributed by atoms with Gasteiger partial charge in [-0.1, -0.05) is 12.1 Å². The van der Waals surface area contributed by atoms with E-state index in [2.05, 4.69) is 5.10 Å². The summed E-state index contributed by atoms with van der Waals surface area (Å²) in [7, 11) is 0. The molecule has 0 N–H and O–H groups in total. The first-order chi connectivity index (χ1) is 7.31. The zero-order valence-corrected chi connectivity index (χ0v) is 7.88. The first kappa shape index (κ1) is 10.0. The molecule has 1 heterocycles. The standard InChI is InChI=1S/C10H9F3N2/c11-4-7-2-1-3-9-10(7)8(5-12)14-15(9)6-13/h1-3H,4-6H2. The van der Waals surface area contributed by atoms with Crippen LogP contribution in [0.1, 0.15) is 11.3 Å². The Morgan fingerprint density at radius 2 is 1.93 bits per heavy atom. The second-order valence-corrected chi connectivity index (χ2v) is 3.14. The maximum absolute atomic E-state index is 12.6. The van der Waals surface area contributed by atoms with Crippen LogP contribution in [0.5, 0.6) is 0 Å². The minimum Gasteiger partial charge on any atom is -0.246 e. The van der Waals surface area contributed by atoms with Crippen LogP contribution in [-0.2, 0) is 20.1 Å². The van der Waals surface area contributed by atoms with Crippen molar-refractivity contribution >= 4 is 10.9 Å². The van der Waals surface area contributed by atoms with Gasteiger partial charge in [0.1, 0.15) is 19.0 Å². The molecule has 2 rings (SSSR count). The maximum atomic E-state index is 12.6. The summed E-state index contributed by atoms with van der Waals surface area (Å²) in [5.74, 6) is 0. The molecule has 0 spiro atoms. The second-order valence-electron chi connectivity index (χ2n) is 3.14. The number of fused-ring (bicyclic) bond motifs is 1. The number of nitrogens with zero attached hydrogens (tertiary/aromatic N) is 2. The molecule has 5 heteroatoms. The van der Waals surface area contributed by atoms with E-state index >= 15 is 0 Å². The molecule has 0 amide bonds. The van der Waals surface area contributed by atoms with E-state index in [0.29, 0.717) is 16.5 Å². The predicted molar refractivity (Wildman–Crippen MR) is 50.5 cm³/mol. The molecule has 0 fully saturated rings. The van der Waals surface area contributed by atoms with Crippen LogP contribution in [0.2, 0.25) is 0 Å². The van der Waals surface area contributed by atoms with Gasteiger partial charge in [-0.2, -0.15) is 5.10 Å². The second kappa shape index (κ2) is 3.92. The summed E-state index contributed by atoms with van der Waals surface area (Å²) in [6.07, 6.45) is 0. The minimum atomic E-state index is -0.841. The number of halogens is 3. The van der Waals surface area contributed by atoms with Crippen molar-refractivity contribution in [3.63, 3.8) is 0 Å². The lowest BCUT2D eigenvalue weighted by molar-refractivity contribution is 0.353. The molecule has 0 bridgehead atoms. The van der Waals surface area contributed by atoms with Gasteiger partial charge in [0.25, 0.3) is 0 Å². The fourth-order valence-corrected chi connectivity index (χ4v) is 1.68. The van der Waals surface area contributed by atoms with E-state index in [0.717, 1.165) is 4.68 Å². The summed E-state index contributed by atoms with van der Waals surface area (Å²) in [6.45, 7) is -2.37. The lowest BCUT2D eigenvalue weighted by Gasteiger charge is -1.99. The number of benzene rings is 1. The van der Waals surface area contributed by atoms with Crippen LogP contribution in [0.3, 0.4) is 0 Å². The Labute approximate surface area is 84.3 Å². The SMILES string of the molecule is FCc1cccc2c1c(CF)nn2CF. The Hall–Kier alpha value is -1.52. The number of hydrogen-bond acceptors (Lipinski definition) is 1. The Bertz CT molecular complexity index is 479. The fraction of sp³-hybridized carbons (Fsp3) is 0.300. The van der Waals surface area contributed by atoms with Crippen LogP contribution in [0.15, 0.2) is 18.2 Å². The van der Waals surface area contributed by atoms with Gasteiger partial charge in [-0.15, -0.1) is 0 Å². The van der Waals surface area contributed by atoms with Crippen molar-refractivity contribution < 1.29 is 13.2 Å². The highest BCUT2D eigenvalue weighted by atomic mass is 19.1. The largest absolute Gasteiger partial charge is 0.246 e. The summed E-state index contributed by atoms with van der Waals surface area (Å²) in [6, 6.07) is 4.75. The van der Waals surface area contributed by atoms with Crippen LogP contribution in [0.25, 0.3) is 10.9 Å². The lowest BCUT2D eigenvalue weighted by atomic mass is 10.1. The third-order valence-electron chi connectivity index (χ3n) is 2.32. The van der Waals surface area contributed by atoms with Gasteiger partial charge in [0.05, 0.1) is 5.52 Å². The molecule has 0 aliphatic heterocycles. The van der Waals surface area contributed by atoms with E-state index in [9.17, 15) is 13.2 Å². The van der Waals surface area contributed by atoms with Crippen LogP contribution < -0.4 is 0 Å². The van der Waals surface area contributed by atoms with Crippen LogP contribution in [-0.4, -0.2) is 9.78 Å². The molecule has 2 nitrogen and oxygen atoms in total. The van der Waals surface area contributed by atoms with Gasteiger partial charge in [0.2, 0.25) is 0 Å². The fourth-order valence-electron chi connectivity index (χ4n) is 1.68. The first-order valence-corrected chi connectivity index (χ1v) is 4.47. The number of alkyl halides is 3. The molecule has 1 aromatic heterocycles. The molecule has 0 aliphatic carbocycles. The van der Waals surface area contributed by atoms with Crippen molar-refractivity contribution in [1.82, 2.24) is 9.78 Å². The van der Waals surface area contributed by atoms with Crippen LogP contribution >= 0.6 is 0 Å². The number of rotatable bonds is 3. The van der Waals surface area contributed by atoms with E-state index in [1.165, 1.54) is 0 Å². The molecular formula is C10H9F3N2. The third kappa shape index (κ3) is 1.48. The van der Waals surface area contributed by atoms with Crippen molar-refractivity contribution in [3.05, 3.63) is 29.5 Å². The summed E-state index contributed by atoms with van der Waals surface area (Å²) in [5.41, 5.74) is 0.871. The lowest BCUT2D eigenvalue weighted by Crippen LogP contribution is -1.95. The normalized spacial score (nSPS) is 11.1. The molecule has 0 radical (unpaired) electrons. The zero-order valence-electron chi connectivity index (χ0n) is 7.88. The Balaban J connectivity index is 2.78. The van der Waals surface area contributed by atoms with Gasteiger partial charge in [-0.3, -0.25) is 0 Å². The van der Waals surface area contributed by atoms with Gasteiger partial charge in [0, 0.05) is 5.39 Å². The Morgan fingerprint density at radius 3 is 2.53 bits per heavy atom. The highest BCUT2D eigenvalue weighted by molar-refractivity contribution is 5.85. The first-order valence-electron chi connectivity index (χ1n) is 4.47. The van der Waals surface area contributed by atoms with E-state index in [1.807, 2.05) is 0 Å². The monoisotopic (exact) mass is 214 g/mol. The minimum absolute atomic E-state index is 0.0934. The molecule has 0 saturated carbocycles. The summed E-state index contributed by atoms with van der Waals surface area (Å²) in [4.78, 5) is 0. The van der Waals surface area contributed by atoms with Gasteiger partial charge >= 0.3 is 0 Å². The highest BCUT2D eigenvalue weighted by Gasteiger charge is 2.13. The average molecular weight is 214 g/mol.